The van der Waals surface area contributed by atoms with Crippen molar-refractivity contribution in [2.45, 2.75) is 38.5 Å². The molecule has 1 aromatic rings. The standard InChI is InChI=1S/C15H21N3O3/c1-10(16)14(19)17-9-11-4-2-5-12(8-11)18-15(20)13-6-3-7-21-13/h2,4-5,8,10,13H,3,6-7,9,16H2,1H3,(H,17,19)(H,18,20)/t10-,13?/m0/s1. The Morgan fingerprint density at radius 1 is 1.48 bits per heavy atom. The molecule has 0 spiro atoms. The normalized spacial score (nSPS) is 19.0. The third-order valence-electron chi connectivity index (χ3n) is 3.30. The fraction of sp³-hybridized carbons (Fsp3) is 0.467. The number of anilines is 1. The highest BCUT2D eigenvalue weighted by atomic mass is 16.5. The summed E-state index contributed by atoms with van der Waals surface area (Å²) in [5.74, 6) is -0.326. The average Bonchev–Trinajstić information content (AvgIpc) is 2.99. The lowest BCUT2D eigenvalue weighted by atomic mass is 10.1. The summed E-state index contributed by atoms with van der Waals surface area (Å²) in [6.45, 7) is 2.65. The molecule has 1 fully saturated rings. The highest BCUT2D eigenvalue weighted by molar-refractivity contribution is 5.94. The van der Waals surface area contributed by atoms with Crippen molar-refractivity contribution in [1.82, 2.24) is 5.32 Å². The van der Waals surface area contributed by atoms with Gasteiger partial charge in [0.2, 0.25) is 5.91 Å². The van der Waals surface area contributed by atoms with Gasteiger partial charge in [0.25, 0.3) is 5.91 Å². The van der Waals surface area contributed by atoms with E-state index in [1.54, 1.807) is 6.92 Å². The summed E-state index contributed by atoms with van der Waals surface area (Å²) >= 11 is 0. The van der Waals surface area contributed by atoms with E-state index in [1.807, 2.05) is 24.3 Å². The molecular weight excluding hydrogens is 270 g/mol. The number of hydrogen-bond acceptors (Lipinski definition) is 4. The number of rotatable bonds is 5. The molecule has 6 nitrogen and oxygen atoms in total. The van der Waals surface area contributed by atoms with Gasteiger partial charge in [-0.2, -0.15) is 0 Å². The Balaban J connectivity index is 1.91. The van der Waals surface area contributed by atoms with Gasteiger partial charge in [0.1, 0.15) is 6.10 Å². The molecule has 114 valence electrons. The van der Waals surface area contributed by atoms with Crippen LogP contribution in [0.2, 0.25) is 0 Å². The molecule has 0 bridgehead atoms. The van der Waals surface area contributed by atoms with Crippen molar-refractivity contribution in [2.24, 2.45) is 5.73 Å². The van der Waals surface area contributed by atoms with Crippen LogP contribution < -0.4 is 16.4 Å². The Bertz CT molecular complexity index is 511. The number of benzene rings is 1. The van der Waals surface area contributed by atoms with Crippen LogP contribution in [0.3, 0.4) is 0 Å². The summed E-state index contributed by atoms with van der Waals surface area (Å²) in [4.78, 5) is 23.4. The smallest absolute Gasteiger partial charge is 0.253 e. The molecule has 0 aromatic heterocycles. The number of amides is 2. The fourth-order valence-electron chi connectivity index (χ4n) is 2.12. The number of carbonyl (C=O) groups excluding carboxylic acids is 2. The van der Waals surface area contributed by atoms with Crippen molar-refractivity contribution in [3.05, 3.63) is 29.8 Å². The first kappa shape index (κ1) is 15.5. The Kier molecular flexibility index (Phi) is 5.30. The third-order valence-corrected chi connectivity index (χ3v) is 3.30. The van der Waals surface area contributed by atoms with E-state index < -0.39 is 6.04 Å². The minimum atomic E-state index is -0.535. The van der Waals surface area contributed by atoms with E-state index in [0.717, 1.165) is 18.4 Å². The molecule has 6 heteroatoms. The highest BCUT2D eigenvalue weighted by Crippen LogP contribution is 2.16. The zero-order valence-electron chi connectivity index (χ0n) is 12.1. The predicted octanol–water partition coefficient (Wildman–Crippen LogP) is 0.768. The van der Waals surface area contributed by atoms with Crippen LogP contribution in [0.1, 0.15) is 25.3 Å². The zero-order chi connectivity index (χ0) is 15.2. The first-order valence-corrected chi connectivity index (χ1v) is 7.11. The largest absolute Gasteiger partial charge is 0.368 e. The highest BCUT2D eigenvalue weighted by Gasteiger charge is 2.23. The average molecular weight is 291 g/mol. The lowest BCUT2D eigenvalue weighted by Gasteiger charge is -2.12. The van der Waals surface area contributed by atoms with E-state index in [-0.39, 0.29) is 17.9 Å². The first-order chi connectivity index (χ1) is 10.1. The topological polar surface area (TPSA) is 93.5 Å². The molecule has 0 saturated carbocycles. The summed E-state index contributed by atoms with van der Waals surface area (Å²) in [6.07, 6.45) is 1.32. The van der Waals surface area contributed by atoms with Crippen LogP contribution in [0, 0.1) is 0 Å². The molecule has 1 saturated heterocycles. The summed E-state index contributed by atoms with van der Waals surface area (Å²) in [6, 6.07) is 6.81. The van der Waals surface area contributed by atoms with Crippen molar-refractivity contribution in [1.29, 1.82) is 0 Å². The molecular formula is C15H21N3O3. The second-order valence-electron chi connectivity index (χ2n) is 5.20. The predicted molar refractivity (Wildman–Crippen MR) is 79.5 cm³/mol. The fourth-order valence-corrected chi connectivity index (χ4v) is 2.12. The first-order valence-electron chi connectivity index (χ1n) is 7.11. The molecule has 4 N–H and O–H groups in total. The van der Waals surface area contributed by atoms with Gasteiger partial charge < -0.3 is 21.1 Å². The number of hydrogen-bond donors (Lipinski definition) is 3. The molecule has 1 aliphatic heterocycles. The van der Waals surface area contributed by atoms with E-state index in [2.05, 4.69) is 10.6 Å². The van der Waals surface area contributed by atoms with Gasteiger partial charge in [0.15, 0.2) is 0 Å². The quantitative estimate of drug-likeness (QED) is 0.747. The molecule has 0 radical (unpaired) electrons. The number of nitrogens with one attached hydrogen (secondary N) is 2. The molecule has 2 amide bonds. The Morgan fingerprint density at radius 3 is 2.95 bits per heavy atom. The molecule has 1 aromatic carbocycles. The molecule has 21 heavy (non-hydrogen) atoms. The molecule has 1 unspecified atom stereocenters. The molecule has 1 aliphatic rings. The second-order valence-corrected chi connectivity index (χ2v) is 5.20. The third kappa shape index (κ3) is 4.54. The maximum absolute atomic E-state index is 12.0. The van der Waals surface area contributed by atoms with Gasteiger partial charge in [-0.05, 0) is 37.5 Å². The van der Waals surface area contributed by atoms with E-state index in [4.69, 9.17) is 10.5 Å². The zero-order valence-corrected chi connectivity index (χ0v) is 12.1. The van der Waals surface area contributed by atoms with Crippen LogP contribution in [0.5, 0.6) is 0 Å². The van der Waals surface area contributed by atoms with E-state index in [9.17, 15) is 9.59 Å². The number of carbonyl (C=O) groups is 2. The van der Waals surface area contributed by atoms with E-state index in [1.165, 1.54) is 0 Å². The van der Waals surface area contributed by atoms with Crippen molar-refractivity contribution in [3.8, 4) is 0 Å². The van der Waals surface area contributed by atoms with Crippen molar-refractivity contribution < 1.29 is 14.3 Å². The maximum Gasteiger partial charge on any atom is 0.253 e. The molecule has 2 atom stereocenters. The Morgan fingerprint density at radius 2 is 2.29 bits per heavy atom. The summed E-state index contributed by atoms with van der Waals surface area (Å²) < 4.78 is 5.34. The van der Waals surface area contributed by atoms with Gasteiger partial charge in [0, 0.05) is 18.8 Å². The van der Waals surface area contributed by atoms with Crippen LogP contribution in [0.15, 0.2) is 24.3 Å². The van der Waals surface area contributed by atoms with E-state index >= 15 is 0 Å². The number of nitrogens with two attached hydrogens (primary N) is 1. The van der Waals surface area contributed by atoms with Gasteiger partial charge in [-0.15, -0.1) is 0 Å². The van der Waals surface area contributed by atoms with Crippen molar-refractivity contribution >= 4 is 17.5 Å². The maximum atomic E-state index is 12.0. The van der Waals surface area contributed by atoms with Crippen LogP contribution in [-0.2, 0) is 20.9 Å². The van der Waals surface area contributed by atoms with Crippen molar-refractivity contribution in [3.63, 3.8) is 0 Å². The van der Waals surface area contributed by atoms with Crippen LogP contribution >= 0.6 is 0 Å². The van der Waals surface area contributed by atoms with Gasteiger partial charge in [-0.3, -0.25) is 9.59 Å². The number of ether oxygens (including phenoxy) is 1. The van der Waals surface area contributed by atoms with Gasteiger partial charge >= 0.3 is 0 Å². The lowest BCUT2D eigenvalue weighted by molar-refractivity contribution is -0.124. The molecule has 2 rings (SSSR count). The summed E-state index contributed by atoms with van der Waals surface area (Å²) in [5, 5.41) is 5.57. The Labute approximate surface area is 124 Å². The van der Waals surface area contributed by atoms with Gasteiger partial charge in [-0.25, -0.2) is 0 Å². The Hall–Kier alpha value is -1.92. The second kappa shape index (κ2) is 7.19. The molecule has 1 heterocycles. The SMILES string of the molecule is C[C@H](N)C(=O)NCc1cccc(NC(=O)C2CCCO2)c1. The minimum absolute atomic E-state index is 0.121. The molecule has 0 aliphatic carbocycles. The van der Waals surface area contributed by atoms with Crippen LogP contribution in [-0.4, -0.2) is 30.6 Å². The van der Waals surface area contributed by atoms with Crippen molar-refractivity contribution in [2.75, 3.05) is 11.9 Å². The van der Waals surface area contributed by atoms with E-state index in [0.29, 0.717) is 18.8 Å². The van der Waals surface area contributed by atoms with Gasteiger partial charge in [-0.1, -0.05) is 12.1 Å². The monoisotopic (exact) mass is 291 g/mol. The van der Waals surface area contributed by atoms with Gasteiger partial charge in [0.05, 0.1) is 6.04 Å². The summed E-state index contributed by atoms with van der Waals surface area (Å²) in [7, 11) is 0. The lowest BCUT2D eigenvalue weighted by Crippen LogP contribution is -2.37. The minimum Gasteiger partial charge on any atom is -0.368 e. The van der Waals surface area contributed by atoms with Crippen LogP contribution in [0.25, 0.3) is 0 Å². The summed E-state index contributed by atoms with van der Waals surface area (Å²) in [5.41, 5.74) is 7.08. The van der Waals surface area contributed by atoms with Crippen LogP contribution in [0.4, 0.5) is 5.69 Å².